The van der Waals surface area contributed by atoms with Crippen molar-refractivity contribution in [3.05, 3.63) is 23.8 Å². The third-order valence-corrected chi connectivity index (χ3v) is 2.34. The molecule has 0 unspecified atom stereocenters. The van der Waals surface area contributed by atoms with E-state index < -0.39 is 0 Å². The molecule has 0 aliphatic rings. The summed E-state index contributed by atoms with van der Waals surface area (Å²) in [5.41, 5.74) is 7.21. The first kappa shape index (κ1) is 12.9. The molecule has 7 heteroatoms. The Kier molecular flexibility index (Phi) is 3.65. The van der Waals surface area contributed by atoms with Crippen molar-refractivity contribution in [2.45, 2.75) is 6.92 Å². The number of hydrogen-bond donors (Lipinski definition) is 1. The second-order valence-electron chi connectivity index (χ2n) is 3.72. The zero-order chi connectivity index (χ0) is 13.8. The van der Waals surface area contributed by atoms with E-state index in [1.165, 1.54) is 14.2 Å². The van der Waals surface area contributed by atoms with Gasteiger partial charge in [0.05, 0.1) is 14.2 Å². The molecule has 0 aliphatic heterocycles. The van der Waals surface area contributed by atoms with Gasteiger partial charge in [0.15, 0.2) is 0 Å². The van der Waals surface area contributed by atoms with E-state index in [1.807, 2.05) is 6.92 Å². The van der Waals surface area contributed by atoms with E-state index in [4.69, 9.17) is 19.9 Å². The average Bonchev–Trinajstić information content (AvgIpc) is 2.41. The number of benzene rings is 1. The molecule has 2 N–H and O–H groups in total. The molecule has 1 aromatic heterocycles. The minimum atomic E-state index is 0.0940. The van der Waals surface area contributed by atoms with Crippen LogP contribution >= 0.6 is 0 Å². The van der Waals surface area contributed by atoms with Gasteiger partial charge >= 0.3 is 18.0 Å². The largest absolute Gasteiger partial charge is 0.467 e. The van der Waals surface area contributed by atoms with Crippen LogP contribution in [0.3, 0.4) is 0 Å². The summed E-state index contributed by atoms with van der Waals surface area (Å²) in [4.78, 5) is 11.8. The summed E-state index contributed by atoms with van der Waals surface area (Å²) >= 11 is 0. The molecule has 0 radical (unpaired) electrons. The Hall–Kier alpha value is -2.57. The normalized spacial score (nSPS) is 10.1. The second-order valence-corrected chi connectivity index (χ2v) is 3.72. The van der Waals surface area contributed by atoms with Gasteiger partial charge in [-0.25, -0.2) is 0 Å². The molecule has 2 rings (SSSR count). The number of nitrogen functional groups attached to an aromatic ring is 1. The first-order valence-corrected chi connectivity index (χ1v) is 5.50. The second kappa shape index (κ2) is 5.38. The van der Waals surface area contributed by atoms with Crippen LogP contribution in [-0.4, -0.2) is 29.2 Å². The molecule has 0 spiro atoms. The molecule has 19 heavy (non-hydrogen) atoms. The fourth-order valence-corrected chi connectivity index (χ4v) is 1.43. The fraction of sp³-hybridized carbons (Fsp3) is 0.250. The fourth-order valence-electron chi connectivity index (χ4n) is 1.43. The van der Waals surface area contributed by atoms with Crippen molar-refractivity contribution >= 4 is 5.69 Å². The zero-order valence-corrected chi connectivity index (χ0v) is 10.9. The maximum Gasteiger partial charge on any atom is 0.331 e. The highest BCUT2D eigenvalue weighted by molar-refractivity contribution is 5.47. The Balaban J connectivity index is 2.31. The van der Waals surface area contributed by atoms with Crippen LogP contribution in [0.2, 0.25) is 0 Å². The van der Waals surface area contributed by atoms with Gasteiger partial charge in [0, 0.05) is 5.69 Å². The Morgan fingerprint density at radius 3 is 2.05 bits per heavy atom. The molecule has 2 aromatic rings. The number of anilines is 1. The van der Waals surface area contributed by atoms with Gasteiger partial charge in [0.2, 0.25) is 0 Å². The quantitative estimate of drug-likeness (QED) is 0.836. The molecule has 0 atom stereocenters. The molecule has 0 bridgehead atoms. The van der Waals surface area contributed by atoms with Gasteiger partial charge in [-0.15, -0.1) is 15.0 Å². The Morgan fingerprint density at radius 2 is 1.53 bits per heavy atom. The van der Waals surface area contributed by atoms with Crippen molar-refractivity contribution < 1.29 is 14.2 Å². The lowest BCUT2D eigenvalue weighted by atomic mass is 10.2. The van der Waals surface area contributed by atoms with E-state index in [2.05, 4.69) is 15.0 Å². The van der Waals surface area contributed by atoms with E-state index in [9.17, 15) is 0 Å². The molecule has 0 saturated carbocycles. The van der Waals surface area contributed by atoms with Gasteiger partial charge in [-0.05, 0) is 30.7 Å². The van der Waals surface area contributed by atoms with Gasteiger partial charge in [-0.2, -0.15) is 0 Å². The molecule has 0 amide bonds. The topological polar surface area (TPSA) is 92.4 Å². The number of rotatable bonds is 4. The summed E-state index contributed by atoms with van der Waals surface area (Å²) in [5, 5.41) is 0. The van der Waals surface area contributed by atoms with Crippen molar-refractivity contribution in [2.24, 2.45) is 0 Å². The van der Waals surface area contributed by atoms with Crippen molar-refractivity contribution in [3.8, 4) is 23.8 Å². The third-order valence-electron chi connectivity index (χ3n) is 2.34. The van der Waals surface area contributed by atoms with Crippen molar-refractivity contribution in [1.82, 2.24) is 15.0 Å². The number of nitrogens with two attached hydrogens (primary N) is 1. The summed E-state index contributed by atoms with van der Waals surface area (Å²) in [5.74, 6) is 0.601. The first-order chi connectivity index (χ1) is 9.12. The van der Waals surface area contributed by atoms with Gasteiger partial charge in [-0.1, -0.05) is 0 Å². The monoisotopic (exact) mass is 262 g/mol. The number of ether oxygens (including phenoxy) is 3. The molecule has 0 saturated heterocycles. The van der Waals surface area contributed by atoms with Crippen LogP contribution in [0.4, 0.5) is 5.69 Å². The zero-order valence-electron chi connectivity index (χ0n) is 10.9. The van der Waals surface area contributed by atoms with Crippen LogP contribution in [0, 0.1) is 6.92 Å². The van der Waals surface area contributed by atoms with E-state index in [0.29, 0.717) is 11.4 Å². The van der Waals surface area contributed by atoms with Crippen molar-refractivity contribution in [1.29, 1.82) is 0 Å². The van der Waals surface area contributed by atoms with Gasteiger partial charge in [0.25, 0.3) is 0 Å². The minimum Gasteiger partial charge on any atom is -0.467 e. The van der Waals surface area contributed by atoms with E-state index >= 15 is 0 Å². The number of methoxy groups -OCH3 is 2. The van der Waals surface area contributed by atoms with Crippen molar-refractivity contribution in [3.63, 3.8) is 0 Å². The van der Waals surface area contributed by atoms with Crippen LogP contribution in [0.5, 0.6) is 23.8 Å². The third kappa shape index (κ3) is 3.01. The van der Waals surface area contributed by atoms with Crippen LogP contribution < -0.4 is 19.9 Å². The lowest BCUT2D eigenvalue weighted by molar-refractivity contribution is 0.320. The van der Waals surface area contributed by atoms with E-state index in [0.717, 1.165) is 5.56 Å². The first-order valence-electron chi connectivity index (χ1n) is 5.50. The van der Waals surface area contributed by atoms with E-state index in [1.54, 1.807) is 18.2 Å². The lowest BCUT2D eigenvalue weighted by Crippen LogP contribution is -2.02. The number of aromatic nitrogens is 3. The highest BCUT2D eigenvalue weighted by Crippen LogP contribution is 2.25. The Labute approximate surface area is 110 Å². The summed E-state index contributed by atoms with van der Waals surface area (Å²) in [7, 11) is 2.90. The number of aryl methyl sites for hydroxylation is 1. The minimum absolute atomic E-state index is 0.0940. The molecule has 0 fully saturated rings. The van der Waals surface area contributed by atoms with Crippen molar-refractivity contribution in [2.75, 3.05) is 20.0 Å². The average molecular weight is 262 g/mol. The van der Waals surface area contributed by atoms with Gasteiger partial charge < -0.3 is 19.9 Å². The highest BCUT2D eigenvalue weighted by Gasteiger charge is 2.10. The Bertz CT molecular complexity index is 567. The predicted molar refractivity (Wildman–Crippen MR) is 68.6 cm³/mol. The maximum absolute atomic E-state index is 5.68. The number of hydrogen-bond acceptors (Lipinski definition) is 7. The summed E-state index contributed by atoms with van der Waals surface area (Å²) in [6, 6.07) is 5.61. The summed E-state index contributed by atoms with van der Waals surface area (Å²) in [6.45, 7) is 1.88. The van der Waals surface area contributed by atoms with Crippen LogP contribution in [-0.2, 0) is 0 Å². The summed E-state index contributed by atoms with van der Waals surface area (Å²) in [6.07, 6.45) is 0. The number of nitrogens with zero attached hydrogens (tertiary/aromatic N) is 3. The summed E-state index contributed by atoms with van der Waals surface area (Å²) < 4.78 is 15.5. The molecule has 7 nitrogen and oxygen atoms in total. The lowest BCUT2D eigenvalue weighted by Gasteiger charge is -2.08. The van der Waals surface area contributed by atoms with E-state index in [-0.39, 0.29) is 18.0 Å². The molecule has 0 aliphatic carbocycles. The molecular weight excluding hydrogens is 248 g/mol. The molecule has 1 aromatic carbocycles. The standard InChI is InChI=1S/C12H14N4O3/c1-7-6-8(13)4-5-9(7)19-12-15-10(17-2)14-11(16-12)18-3/h4-6H,13H2,1-3H3. The highest BCUT2D eigenvalue weighted by atomic mass is 16.5. The van der Waals surface area contributed by atoms with Gasteiger partial charge in [-0.3, -0.25) is 0 Å². The van der Waals surface area contributed by atoms with Crippen LogP contribution in [0.15, 0.2) is 18.2 Å². The molecular formula is C12H14N4O3. The molecule has 1 heterocycles. The SMILES string of the molecule is COc1nc(OC)nc(Oc2ccc(N)cc2C)n1. The maximum atomic E-state index is 5.68. The van der Waals surface area contributed by atoms with Crippen LogP contribution in [0.1, 0.15) is 5.56 Å². The molecule has 100 valence electrons. The van der Waals surface area contributed by atoms with Gasteiger partial charge in [0.1, 0.15) is 5.75 Å². The Morgan fingerprint density at radius 1 is 0.947 bits per heavy atom. The smallest absolute Gasteiger partial charge is 0.331 e. The van der Waals surface area contributed by atoms with Crippen LogP contribution in [0.25, 0.3) is 0 Å². The predicted octanol–water partition coefficient (Wildman–Crippen LogP) is 1.57.